The highest BCUT2D eigenvalue weighted by Gasteiger charge is 1.95. The van der Waals surface area contributed by atoms with Crippen LogP contribution in [-0.4, -0.2) is 0 Å². The first kappa shape index (κ1) is 68.0. The summed E-state index contributed by atoms with van der Waals surface area (Å²) in [7, 11) is 0. The van der Waals surface area contributed by atoms with E-state index in [9.17, 15) is 0 Å². The molecule has 0 amide bonds. The van der Waals surface area contributed by atoms with Crippen molar-refractivity contribution in [1.82, 2.24) is 0 Å². The lowest BCUT2D eigenvalue weighted by molar-refractivity contribution is 0.469. The van der Waals surface area contributed by atoms with Gasteiger partial charge in [0.25, 0.3) is 0 Å². The molecule has 3 aromatic rings. The zero-order valence-corrected chi connectivity index (χ0v) is 39.8. The molecule has 312 valence electrons. The fourth-order valence-electron chi connectivity index (χ4n) is 2.28. The second-order valence-electron chi connectivity index (χ2n) is 15.8. The summed E-state index contributed by atoms with van der Waals surface area (Å²) >= 11 is 0. The van der Waals surface area contributed by atoms with Gasteiger partial charge in [-0.25, -0.2) is 0 Å². The number of hydrogen-bond donors (Lipinski definition) is 0. The summed E-state index contributed by atoms with van der Waals surface area (Å²) in [4.78, 5) is 0. The Kier molecular flexibility index (Phi) is 72.8. The number of unbranched alkanes of at least 4 members (excludes halogenated alkanes) is 3. The molecule has 3 aromatic carbocycles. The molecule has 0 atom stereocenters. The number of rotatable bonds is 5. The molecule has 0 heteroatoms. The van der Waals surface area contributed by atoms with Gasteiger partial charge >= 0.3 is 0 Å². The van der Waals surface area contributed by atoms with E-state index in [1.165, 1.54) is 73.3 Å². The van der Waals surface area contributed by atoms with Crippen molar-refractivity contribution in [1.29, 1.82) is 0 Å². The Bertz CT molecular complexity index is 914. The Morgan fingerprint density at radius 1 is 0.481 bits per heavy atom. The van der Waals surface area contributed by atoms with Gasteiger partial charge in [-0.2, -0.15) is 0 Å². The largest absolute Gasteiger partial charge is 0.0776 e. The predicted octanol–water partition coefficient (Wildman–Crippen LogP) is 20.0. The van der Waals surface area contributed by atoms with Crippen LogP contribution in [0.5, 0.6) is 0 Å². The van der Waals surface area contributed by atoms with Crippen LogP contribution in [0.15, 0.2) is 72.8 Å². The zero-order chi connectivity index (χ0) is 41.7. The first-order chi connectivity index (χ1) is 23.8. The molecule has 0 aliphatic carbocycles. The molecule has 0 radical (unpaired) electrons. The van der Waals surface area contributed by atoms with E-state index in [1.54, 1.807) is 0 Å². The minimum Gasteiger partial charge on any atom is -0.0776 e. The van der Waals surface area contributed by atoms with Gasteiger partial charge in [-0.3, -0.25) is 0 Å². The third kappa shape index (κ3) is 91.7. The minimum absolute atomic E-state index is 0. The summed E-state index contributed by atoms with van der Waals surface area (Å²) in [6, 6.07) is 25.1. The van der Waals surface area contributed by atoms with Crippen molar-refractivity contribution in [2.24, 2.45) is 23.2 Å². The zero-order valence-electron chi connectivity index (χ0n) is 39.8. The third-order valence-corrected chi connectivity index (χ3v) is 5.79. The molecule has 0 aliphatic rings. The first-order valence-electron chi connectivity index (χ1n) is 21.2. The second-order valence-corrected chi connectivity index (χ2v) is 15.8. The van der Waals surface area contributed by atoms with Crippen LogP contribution in [-0.2, 0) is 0 Å². The molecular weight excluding hydrogens is 625 g/mol. The molecule has 0 bridgehead atoms. The fourth-order valence-corrected chi connectivity index (χ4v) is 2.28. The standard InChI is InChI=1S/C11H10.C7H8.4C5H12.2C4H10.C3H8.C2H6.CH4/c1-9-5-4-7-10-6-2-3-8-11(9)10;1-7-5-3-2-4-6-7;1-5(2,3)4;2*1-4-5(2)3;1-3-5-4-2;1-4(2)3;1-3-4-2;1-3-2;1-2;/h2-8H,1H3;2-6H,1H3;1-4H3;2*5H,4H2,1-3H3;3-5H2,1-2H3;4H,1-3H3;3-4H2,1-2H3;3H2,1-2H3;1-2H3;1H4. The Hall–Kier alpha value is -2.08. The lowest BCUT2D eigenvalue weighted by Gasteiger charge is -2.05. The molecule has 0 spiro atoms. The molecule has 0 nitrogen and oxygen atoms in total. The van der Waals surface area contributed by atoms with E-state index in [-0.39, 0.29) is 7.43 Å². The molecule has 0 aromatic heterocycles. The maximum Gasteiger partial charge on any atom is -0.0155 e. The summed E-state index contributed by atoms with van der Waals surface area (Å²) in [6.45, 7) is 49.8. The molecule has 0 fully saturated rings. The lowest BCUT2D eigenvalue weighted by atomic mass is 10.0. The first-order valence-corrected chi connectivity index (χ1v) is 21.2. The van der Waals surface area contributed by atoms with Crippen LogP contribution in [0.4, 0.5) is 0 Å². The van der Waals surface area contributed by atoms with Crippen molar-refractivity contribution in [3.63, 3.8) is 0 Å². The molecule has 52 heavy (non-hydrogen) atoms. The topological polar surface area (TPSA) is 0 Å². The highest BCUT2D eigenvalue weighted by Crippen LogP contribution is 2.16. The van der Waals surface area contributed by atoms with E-state index in [2.05, 4.69) is 200 Å². The Balaban J connectivity index is -0.0000000715. The van der Waals surface area contributed by atoms with Crippen molar-refractivity contribution in [2.75, 3.05) is 0 Å². The molecule has 0 heterocycles. The highest BCUT2D eigenvalue weighted by atomic mass is 14.0. The molecule has 0 unspecified atom stereocenters. The van der Waals surface area contributed by atoms with E-state index in [1.807, 2.05) is 32.0 Å². The summed E-state index contributed by atoms with van der Waals surface area (Å²) in [5, 5.41) is 2.68. The van der Waals surface area contributed by atoms with Crippen molar-refractivity contribution in [3.05, 3.63) is 83.9 Å². The van der Waals surface area contributed by atoms with Gasteiger partial charge in [0.05, 0.1) is 0 Å². The highest BCUT2D eigenvalue weighted by molar-refractivity contribution is 5.85. The molecule has 0 N–H and O–H groups in total. The van der Waals surface area contributed by atoms with Gasteiger partial charge < -0.3 is 0 Å². The van der Waals surface area contributed by atoms with Crippen molar-refractivity contribution >= 4 is 10.8 Å². The summed E-state index contributed by atoms with van der Waals surface area (Å²) < 4.78 is 0. The van der Waals surface area contributed by atoms with Crippen LogP contribution >= 0.6 is 0 Å². The number of fused-ring (bicyclic) bond motifs is 1. The Morgan fingerprint density at radius 2 is 0.769 bits per heavy atom. The fraction of sp³-hybridized carbons (Fsp3) is 0.692. The maximum atomic E-state index is 2.22. The number of aryl methyl sites for hydroxylation is 2. The van der Waals surface area contributed by atoms with Gasteiger partial charge in [-0.1, -0.05) is 283 Å². The van der Waals surface area contributed by atoms with Crippen LogP contribution in [0, 0.1) is 37.0 Å². The van der Waals surface area contributed by atoms with Gasteiger partial charge in [0.1, 0.15) is 0 Å². The third-order valence-electron chi connectivity index (χ3n) is 5.79. The van der Waals surface area contributed by atoms with Gasteiger partial charge in [0, 0.05) is 0 Å². The molecular formula is C52H104. The van der Waals surface area contributed by atoms with Crippen LogP contribution in [0.3, 0.4) is 0 Å². The van der Waals surface area contributed by atoms with Crippen LogP contribution in [0.1, 0.15) is 215 Å². The van der Waals surface area contributed by atoms with Crippen molar-refractivity contribution in [2.45, 2.75) is 218 Å². The SMILES string of the molecule is C.CC.CC(C)(C)C.CC(C)C.CCC.CCC(C)C.CCC(C)C.CCCC.CCCCC.Cc1cccc2ccccc12.Cc1ccccc1. The summed E-state index contributed by atoms with van der Waals surface area (Å²) in [6.07, 6.45) is 10.6. The molecule has 0 saturated carbocycles. The molecule has 3 rings (SSSR count). The average molecular weight is 729 g/mol. The second kappa shape index (κ2) is 55.7. The van der Waals surface area contributed by atoms with E-state index in [4.69, 9.17) is 0 Å². The quantitative estimate of drug-likeness (QED) is 0.245. The normalized spacial score (nSPS) is 8.88. The van der Waals surface area contributed by atoms with Gasteiger partial charge in [-0.05, 0) is 53.4 Å². The van der Waals surface area contributed by atoms with Gasteiger partial charge in [0.15, 0.2) is 0 Å². The minimum atomic E-state index is 0. The van der Waals surface area contributed by atoms with Crippen molar-refractivity contribution in [3.8, 4) is 0 Å². The Labute approximate surface area is 334 Å². The van der Waals surface area contributed by atoms with Crippen LogP contribution in [0.25, 0.3) is 10.8 Å². The van der Waals surface area contributed by atoms with E-state index in [0.717, 1.165) is 17.8 Å². The summed E-state index contributed by atoms with van der Waals surface area (Å²) in [5.74, 6) is 2.60. The summed E-state index contributed by atoms with van der Waals surface area (Å²) in [5.41, 5.74) is 3.17. The van der Waals surface area contributed by atoms with Gasteiger partial charge in [0.2, 0.25) is 0 Å². The smallest absolute Gasteiger partial charge is 0.0155 e. The van der Waals surface area contributed by atoms with E-state index in [0.29, 0.717) is 5.41 Å². The number of benzene rings is 3. The van der Waals surface area contributed by atoms with Crippen LogP contribution < -0.4 is 0 Å². The molecule has 0 saturated heterocycles. The lowest BCUT2D eigenvalue weighted by Crippen LogP contribution is -1.93. The monoisotopic (exact) mass is 729 g/mol. The van der Waals surface area contributed by atoms with E-state index >= 15 is 0 Å². The molecule has 0 aliphatic heterocycles. The van der Waals surface area contributed by atoms with E-state index < -0.39 is 0 Å². The predicted molar refractivity (Wildman–Crippen MR) is 256 cm³/mol. The average Bonchev–Trinajstić information content (AvgIpc) is 3.07. The van der Waals surface area contributed by atoms with Gasteiger partial charge in [-0.15, -0.1) is 0 Å². The van der Waals surface area contributed by atoms with Crippen LogP contribution in [0.2, 0.25) is 0 Å². The maximum absolute atomic E-state index is 2.22. The Morgan fingerprint density at radius 3 is 0.981 bits per heavy atom. The van der Waals surface area contributed by atoms with Crippen molar-refractivity contribution < 1.29 is 0 Å². The number of hydrogen-bond acceptors (Lipinski definition) is 0.